The van der Waals surface area contributed by atoms with Gasteiger partial charge in [-0.05, 0) is 32.7 Å². The molecule has 0 radical (unpaired) electrons. The minimum Gasteiger partial charge on any atom is -0.317 e. The average molecular weight is 140 g/mol. The first-order valence-electron chi connectivity index (χ1n) is 4.32. The van der Waals surface area contributed by atoms with E-state index in [2.05, 4.69) is 17.7 Å². The van der Waals surface area contributed by atoms with Gasteiger partial charge in [0.25, 0.3) is 0 Å². The van der Waals surface area contributed by atoms with E-state index in [1.165, 1.54) is 25.7 Å². The van der Waals surface area contributed by atoms with Gasteiger partial charge in [-0.25, -0.2) is 0 Å². The highest BCUT2D eigenvalue weighted by atomic mass is 15.0. The van der Waals surface area contributed by atoms with Gasteiger partial charge in [-0.2, -0.15) is 0 Å². The molecule has 2 heterocycles. The fourth-order valence-electron chi connectivity index (χ4n) is 2.29. The predicted molar refractivity (Wildman–Crippen MR) is 42.0 cm³/mol. The molecule has 2 fully saturated rings. The molecule has 2 bridgehead atoms. The van der Waals surface area contributed by atoms with E-state index in [9.17, 15) is 0 Å². The first-order valence-corrected chi connectivity index (χ1v) is 4.32. The van der Waals surface area contributed by atoms with Crippen LogP contribution < -0.4 is 10.6 Å². The summed E-state index contributed by atoms with van der Waals surface area (Å²) in [5.74, 6) is 0. The molecule has 2 aliphatic rings. The largest absolute Gasteiger partial charge is 0.317 e. The predicted octanol–water partition coefficient (Wildman–Crippen LogP) is 0.489. The smallest absolute Gasteiger partial charge is 0.00936 e. The zero-order valence-corrected chi connectivity index (χ0v) is 6.56. The van der Waals surface area contributed by atoms with E-state index < -0.39 is 0 Å². The highest BCUT2D eigenvalue weighted by molar-refractivity contribution is 4.94. The molecule has 2 heteroatoms. The molecule has 0 aliphatic carbocycles. The van der Waals surface area contributed by atoms with E-state index in [4.69, 9.17) is 0 Å². The van der Waals surface area contributed by atoms with Gasteiger partial charge >= 0.3 is 0 Å². The third kappa shape index (κ3) is 1.06. The van der Waals surface area contributed by atoms with Crippen molar-refractivity contribution >= 4 is 0 Å². The number of piperidine rings is 1. The van der Waals surface area contributed by atoms with Crippen LogP contribution in [0, 0.1) is 0 Å². The van der Waals surface area contributed by atoms with E-state index in [1.54, 1.807) is 0 Å². The zero-order chi connectivity index (χ0) is 6.97. The van der Waals surface area contributed by atoms with E-state index in [1.807, 2.05) is 0 Å². The summed E-state index contributed by atoms with van der Waals surface area (Å²) >= 11 is 0. The highest BCUT2D eigenvalue weighted by Crippen LogP contribution is 2.26. The Morgan fingerprint density at radius 1 is 1.20 bits per heavy atom. The van der Waals surface area contributed by atoms with Crippen LogP contribution in [0.4, 0.5) is 0 Å². The van der Waals surface area contributed by atoms with E-state index in [-0.39, 0.29) is 0 Å². The molecule has 1 unspecified atom stereocenters. The van der Waals surface area contributed by atoms with Crippen molar-refractivity contribution in [1.29, 1.82) is 0 Å². The Morgan fingerprint density at radius 2 is 1.80 bits per heavy atom. The van der Waals surface area contributed by atoms with Crippen molar-refractivity contribution in [2.24, 2.45) is 0 Å². The maximum Gasteiger partial charge on any atom is 0.00936 e. The highest BCUT2D eigenvalue weighted by Gasteiger charge is 2.32. The molecule has 2 aliphatic heterocycles. The van der Waals surface area contributed by atoms with Gasteiger partial charge in [0.15, 0.2) is 0 Å². The van der Waals surface area contributed by atoms with Crippen molar-refractivity contribution in [1.82, 2.24) is 10.6 Å². The van der Waals surface area contributed by atoms with Crippen LogP contribution >= 0.6 is 0 Å². The number of hydrogen-bond donors (Lipinski definition) is 2. The molecule has 0 aromatic carbocycles. The Hall–Kier alpha value is -0.0800. The van der Waals surface area contributed by atoms with Crippen molar-refractivity contribution in [3.63, 3.8) is 0 Å². The molecule has 0 amide bonds. The molecule has 0 aromatic rings. The second-order valence-corrected chi connectivity index (χ2v) is 3.59. The molecular formula is C8H16N2. The lowest BCUT2D eigenvalue weighted by molar-refractivity contribution is 0.331. The molecule has 3 atom stereocenters. The number of hydrogen-bond acceptors (Lipinski definition) is 2. The lowest BCUT2D eigenvalue weighted by Gasteiger charge is -2.28. The lowest BCUT2D eigenvalue weighted by atomic mass is 10.0. The molecule has 10 heavy (non-hydrogen) atoms. The summed E-state index contributed by atoms with van der Waals surface area (Å²) in [7, 11) is 2.08. The number of fused-ring (bicyclic) bond motifs is 2. The summed E-state index contributed by atoms with van der Waals surface area (Å²) < 4.78 is 0. The molecule has 2 saturated heterocycles. The molecule has 2 N–H and O–H groups in total. The zero-order valence-electron chi connectivity index (χ0n) is 6.56. The molecule has 0 saturated carbocycles. The first-order chi connectivity index (χ1) is 4.88. The van der Waals surface area contributed by atoms with Crippen LogP contribution in [0.3, 0.4) is 0 Å². The van der Waals surface area contributed by atoms with Gasteiger partial charge in [0.2, 0.25) is 0 Å². The van der Waals surface area contributed by atoms with E-state index in [0.29, 0.717) is 0 Å². The summed E-state index contributed by atoms with van der Waals surface area (Å²) in [6.07, 6.45) is 5.49. The Labute approximate surface area is 62.4 Å². The van der Waals surface area contributed by atoms with Crippen LogP contribution in [0.15, 0.2) is 0 Å². The average Bonchev–Trinajstić information content (AvgIpc) is 2.30. The van der Waals surface area contributed by atoms with Crippen molar-refractivity contribution < 1.29 is 0 Å². The van der Waals surface area contributed by atoms with Gasteiger partial charge in [0.1, 0.15) is 0 Å². The van der Waals surface area contributed by atoms with Gasteiger partial charge in [0, 0.05) is 18.1 Å². The van der Waals surface area contributed by atoms with Crippen LogP contribution in [0.1, 0.15) is 25.7 Å². The van der Waals surface area contributed by atoms with Crippen molar-refractivity contribution in [2.75, 3.05) is 7.05 Å². The van der Waals surface area contributed by atoms with Crippen LogP contribution in [-0.2, 0) is 0 Å². The van der Waals surface area contributed by atoms with E-state index in [0.717, 1.165) is 18.1 Å². The first kappa shape index (κ1) is 6.62. The van der Waals surface area contributed by atoms with Gasteiger partial charge in [-0.1, -0.05) is 0 Å². The standard InChI is InChI=1S/C8H16N2/c1-9-8-4-6-2-3-7(5-8)10-6/h6-10H,2-5H2,1H3/t6-,7+,8?. The van der Waals surface area contributed by atoms with Crippen LogP contribution in [0.25, 0.3) is 0 Å². The molecule has 58 valence electrons. The van der Waals surface area contributed by atoms with Gasteiger partial charge in [-0.15, -0.1) is 0 Å². The third-order valence-corrected chi connectivity index (χ3v) is 2.88. The Bertz CT molecular complexity index is 112. The minimum absolute atomic E-state index is 0.791. The van der Waals surface area contributed by atoms with Crippen LogP contribution in [0.2, 0.25) is 0 Å². The summed E-state index contributed by atoms with van der Waals surface area (Å²) in [5, 5.41) is 6.98. The van der Waals surface area contributed by atoms with Crippen molar-refractivity contribution in [3.05, 3.63) is 0 Å². The van der Waals surface area contributed by atoms with Gasteiger partial charge in [-0.3, -0.25) is 0 Å². The summed E-state index contributed by atoms with van der Waals surface area (Å²) in [5.41, 5.74) is 0. The second-order valence-electron chi connectivity index (χ2n) is 3.59. The van der Waals surface area contributed by atoms with Gasteiger partial charge < -0.3 is 10.6 Å². The quantitative estimate of drug-likeness (QED) is 0.554. The summed E-state index contributed by atoms with van der Waals surface area (Å²) in [6, 6.07) is 2.45. The fourth-order valence-corrected chi connectivity index (χ4v) is 2.29. The summed E-state index contributed by atoms with van der Waals surface area (Å²) in [4.78, 5) is 0. The van der Waals surface area contributed by atoms with E-state index >= 15 is 0 Å². The maximum atomic E-state index is 3.61. The number of nitrogens with one attached hydrogen (secondary N) is 2. The Balaban J connectivity index is 1.96. The maximum absolute atomic E-state index is 3.61. The second kappa shape index (κ2) is 2.51. The van der Waals surface area contributed by atoms with Crippen LogP contribution in [-0.4, -0.2) is 25.2 Å². The van der Waals surface area contributed by atoms with Gasteiger partial charge in [0.05, 0.1) is 0 Å². The third-order valence-electron chi connectivity index (χ3n) is 2.88. The summed E-state index contributed by atoms with van der Waals surface area (Å²) in [6.45, 7) is 0. The minimum atomic E-state index is 0.791. The topological polar surface area (TPSA) is 24.1 Å². The number of rotatable bonds is 1. The molecule has 2 nitrogen and oxygen atoms in total. The Morgan fingerprint density at radius 3 is 2.30 bits per heavy atom. The molecular weight excluding hydrogens is 124 g/mol. The lowest BCUT2D eigenvalue weighted by Crippen LogP contribution is -2.45. The normalized spacial score (nSPS) is 45.9. The SMILES string of the molecule is CNC1C[C@H]2CC[C@@H](C1)N2. The monoisotopic (exact) mass is 140 g/mol. The fraction of sp³-hybridized carbons (Fsp3) is 1.00. The molecule has 0 spiro atoms. The Kier molecular flexibility index (Phi) is 1.66. The molecule has 2 rings (SSSR count). The van der Waals surface area contributed by atoms with Crippen LogP contribution in [0.5, 0.6) is 0 Å². The van der Waals surface area contributed by atoms with Crippen molar-refractivity contribution in [3.8, 4) is 0 Å². The van der Waals surface area contributed by atoms with Crippen molar-refractivity contribution in [2.45, 2.75) is 43.8 Å². The molecule has 0 aromatic heterocycles.